The van der Waals surface area contributed by atoms with Crippen LogP contribution in [0, 0.1) is 10.1 Å². The minimum Gasteiger partial charge on any atom is -0.487 e. The van der Waals surface area contributed by atoms with Gasteiger partial charge in [0.25, 0.3) is 0 Å². The molecule has 0 unspecified atom stereocenters. The largest absolute Gasteiger partial charge is 0.487 e. The summed E-state index contributed by atoms with van der Waals surface area (Å²) in [6, 6.07) is 0. The molecule has 0 aliphatic carbocycles. The van der Waals surface area contributed by atoms with E-state index < -0.39 is 4.92 Å². The monoisotopic (exact) mass is 271 g/mol. The first-order valence-electron chi connectivity index (χ1n) is 5.49. The van der Waals surface area contributed by atoms with Gasteiger partial charge >= 0.3 is 0 Å². The van der Waals surface area contributed by atoms with E-state index in [4.69, 9.17) is 9.47 Å². The highest BCUT2D eigenvalue weighted by Crippen LogP contribution is 2.45. The van der Waals surface area contributed by atoms with Crippen molar-refractivity contribution < 1.29 is 14.4 Å². The molecular formula is C12H17NO4S. The first-order valence-corrected chi connectivity index (χ1v) is 6.31. The average molecular weight is 271 g/mol. The molecule has 0 spiro atoms. The normalized spacial score (nSPS) is 11.8. The van der Waals surface area contributed by atoms with E-state index in [-0.39, 0.29) is 11.6 Å². The lowest BCUT2D eigenvalue weighted by molar-refractivity contribution is -0.422. The predicted octanol–water partition coefficient (Wildman–Crippen LogP) is 3.53. The number of hydrogen-bond donors (Lipinski definition) is 0. The Kier molecular flexibility index (Phi) is 4.72. The molecule has 100 valence electrons. The van der Waals surface area contributed by atoms with Crippen molar-refractivity contribution in [1.29, 1.82) is 0 Å². The predicted molar refractivity (Wildman–Crippen MR) is 72.2 cm³/mol. The molecule has 0 aromatic carbocycles. The minimum atomic E-state index is -0.409. The summed E-state index contributed by atoms with van der Waals surface area (Å²) in [6.45, 7) is 5.50. The Morgan fingerprint density at radius 1 is 1.33 bits per heavy atom. The third kappa shape index (κ3) is 2.81. The van der Waals surface area contributed by atoms with Gasteiger partial charge < -0.3 is 9.47 Å². The first-order chi connectivity index (χ1) is 8.42. The number of ether oxygens (including phenoxy) is 2. The van der Waals surface area contributed by atoms with E-state index in [1.54, 1.807) is 14.2 Å². The first kappa shape index (κ1) is 14.5. The van der Waals surface area contributed by atoms with E-state index in [2.05, 4.69) is 0 Å². The molecule has 0 radical (unpaired) electrons. The van der Waals surface area contributed by atoms with Crippen LogP contribution < -0.4 is 9.47 Å². The average Bonchev–Trinajstić information content (AvgIpc) is 2.66. The molecule has 1 aromatic heterocycles. The zero-order valence-electron chi connectivity index (χ0n) is 11.1. The zero-order valence-corrected chi connectivity index (χ0v) is 12.0. The van der Waals surface area contributed by atoms with Gasteiger partial charge in [0.2, 0.25) is 5.70 Å². The maximum atomic E-state index is 10.7. The quantitative estimate of drug-likeness (QED) is 0.607. The summed E-state index contributed by atoms with van der Waals surface area (Å²) in [6.07, 6.45) is 1.53. The fraction of sp³-hybridized carbons (Fsp3) is 0.500. The zero-order chi connectivity index (χ0) is 13.9. The number of rotatable bonds is 5. The van der Waals surface area contributed by atoms with Crippen LogP contribution in [0.5, 0.6) is 10.1 Å². The highest BCUT2D eigenvalue weighted by atomic mass is 32.1. The van der Waals surface area contributed by atoms with E-state index >= 15 is 0 Å². The molecule has 0 atom stereocenters. The van der Waals surface area contributed by atoms with Crippen LogP contribution in [0.1, 0.15) is 37.8 Å². The molecule has 5 nitrogen and oxygen atoms in total. The van der Waals surface area contributed by atoms with E-state index in [0.717, 1.165) is 16.2 Å². The van der Waals surface area contributed by atoms with Crippen LogP contribution in [0.25, 0.3) is 6.08 Å². The number of hydrogen-bond acceptors (Lipinski definition) is 5. The molecule has 0 saturated carbocycles. The lowest BCUT2D eigenvalue weighted by Gasteiger charge is -2.07. The van der Waals surface area contributed by atoms with Crippen molar-refractivity contribution in [2.45, 2.75) is 26.7 Å². The van der Waals surface area contributed by atoms with Crippen LogP contribution in [-0.2, 0) is 0 Å². The fourth-order valence-corrected chi connectivity index (χ4v) is 2.73. The molecule has 1 rings (SSSR count). The summed E-state index contributed by atoms with van der Waals surface area (Å²) >= 11 is 1.36. The summed E-state index contributed by atoms with van der Waals surface area (Å²) in [5.74, 6) is 0.200. The van der Waals surface area contributed by atoms with Gasteiger partial charge in [0.05, 0.1) is 19.1 Å². The Labute approximate surface area is 110 Å². The third-order valence-corrected chi connectivity index (χ3v) is 3.65. The van der Waals surface area contributed by atoms with Crippen molar-refractivity contribution in [2.75, 3.05) is 14.2 Å². The van der Waals surface area contributed by atoms with E-state index in [1.165, 1.54) is 24.3 Å². The molecule has 0 saturated heterocycles. The number of nitro groups is 1. The molecular weight excluding hydrogens is 254 g/mol. The smallest absolute Gasteiger partial charge is 0.243 e. The van der Waals surface area contributed by atoms with Gasteiger partial charge in [-0.25, -0.2) is 0 Å². The van der Waals surface area contributed by atoms with Crippen LogP contribution in [0.3, 0.4) is 0 Å². The van der Waals surface area contributed by atoms with Crippen molar-refractivity contribution in [2.24, 2.45) is 0 Å². The third-order valence-electron chi connectivity index (χ3n) is 2.50. The molecule has 0 aliphatic rings. The summed E-state index contributed by atoms with van der Waals surface area (Å²) in [7, 11) is 3.14. The Morgan fingerprint density at radius 3 is 2.28 bits per heavy atom. The van der Waals surface area contributed by atoms with Crippen molar-refractivity contribution in [3.63, 3.8) is 0 Å². The van der Waals surface area contributed by atoms with Crippen LogP contribution in [-0.4, -0.2) is 19.1 Å². The highest BCUT2D eigenvalue weighted by molar-refractivity contribution is 7.16. The molecule has 0 amide bonds. The molecule has 0 bridgehead atoms. The second-order valence-corrected chi connectivity index (χ2v) is 5.06. The Balaban J connectivity index is 3.43. The van der Waals surface area contributed by atoms with Crippen LogP contribution >= 0.6 is 11.3 Å². The summed E-state index contributed by atoms with van der Waals surface area (Å²) < 4.78 is 10.6. The minimum absolute atomic E-state index is 0.0793. The molecule has 0 N–H and O–H groups in total. The maximum absolute atomic E-state index is 10.7. The van der Waals surface area contributed by atoms with Gasteiger partial charge in [-0.2, -0.15) is 0 Å². The lowest BCUT2D eigenvalue weighted by Crippen LogP contribution is -1.97. The summed E-state index contributed by atoms with van der Waals surface area (Å²) in [5, 5.41) is 12.1. The molecule has 18 heavy (non-hydrogen) atoms. The standard InChI is InChI=1S/C12H17NO4S/c1-7(2)10-9(6-8(3)13(14)15)11(16-4)18-12(10)17-5/h6-7H,1-5H3. The number of thiophene rings is 1. The second kappa shape index (κ2) is 5.86. The molecule has 6 heteroatoms. The Hall–Kier alpha value is -1.56. The van der Waals surface area contributed by atoms with Crippen molar-refractivity contribution in [3.05, 3.63) is 26.9 Å². The Bertz CT molecular complexity index is 477. The lowest BCUT2D eigenvalue weighted by atomic mass is 10.0. The number of allylic oxidation sites excluding steroid dienone is 1. The van der Waals surface area contributed by atoms with E-state index in [0.29, 0.717) is 5.06 Å². The topological polar surface area (TPSA) is 61.6 Å². The molecule has 0 fully saturated rings. The van der Waals surface area contributed by atoms with Gasteiger partial charge in [-0.1, -0.05) is 25.2 Å². The molecule has 0 aliphatic heterocycles. The van der Waals surface area contributed by atoms with Crippen LogP contribution in [0.2, 0.25) is 0 Å². The summed E-state index contributed by atoms with van der Waals surface area (Å²) in [5.41, 5.74) is 1.76. The van der Waals surface area contributed by atoms with Gasteiger partial charge in [0.1, 0.15) is 0 Å². The van der Waals surface area contributed by atoms with Crippen molar-refractivity contribution >= 4 is 17.4 Å². The van der Waals surface area contributed by atoms with Crippen LogP contribution in [0.15, 0.2) is 5.70 Å². The van der Waals surface area contributed by atoms with E-state index in [1.807, 2.05) is 13.8 Å². The van der Waals surface area contributed by atoms with Crippen LogP contribution in [0.4, 0.5) is 0 Å². The highest BCUT2D eigenvalue weighted by Gasteiger charge is 2.22. The van der Waals surface area contributed by atoms with Gasteiger partial charge in [0, 0.05) is 24.1 Å². The number of methoxy groups -OCH3 is 2. The number of nitrogens with zero attached hydrogens (tertiary/aromatic N) is 1. The van der Waals surface area contributed by atoms with E-state index in [9.17, 15) is 10.1 Å². The van der Waals surface area contributed by atoms with Gasteiger partial charge in [-0.15, -0.1) is 0 Å². The Morgan fingerprint density at radius 2 is 1.89 bits per heavy atom. The van der Waals surface area contributed by atoms with Gasteiger partial charge in [-0.3, -0.25) is 10.1 Å². The maximum Gasteiger partial charge on any atom is 0.243 e. The summed E-state index contributed by atoms with van der Waals surface area (Å²) in [4.78, 5) is 10.3. The molecule has 1 aromatic rings. The van der Waals surface area contributed by atoms with Gasteiger partial charge in [0.15, 0.2) is 10.1 Å². The SMILES string of the molecule is COc1sc(OC)c(C(C)C)c1C=C(C)[N+](=O)[O-]. The molecule has 1 heterocycles. The van der Waals surface area contributed by atoms with Crippen molar-refractivity contribution in [3.8, 4) is 10.1 Å². The fourth-order valence-electron chi connectivity index (χ4n) is 1.66. The second-order valence-electron chi connectivity index (χ2n) is 4.11. The van der Waals surface area contributed by atoms with Crippen molar-refractivity contribution in [1.82, 2.24) is 0 Å². The van der Waals surface area contributed by atoms with Gasteiger partial charge in [-0.05, 0) is 5.92 Å².